The van der Waals surface area contributed by atoms with Gasteiger partial charge in [-0.15, -0.1) is 0 Å². The fourth-order valence-corrected chi connectivity index (χ4v) is 2.47. The summed E-state index contributed by atoms with van der Waals surface area (Å²) < 4.78 is 0. The Kier molecular flexibility index (Phi) is 3.71. The first-order valence-corrected chi connectivity index (χ1v) is 6.55. The van der Waals surface area contributed by atoms with E-state index in [1.54, 1.807) is 0 Å². The number of amides is 1. The van der Waals surface area contributed by atoms with Crippen LogP contribution in [0.25, 0.3) is 0 Å². The summed E-state index contributed by atoms with van der Waals surface area (Å²) in [5.74, 6) is 0.113. The van der Waals surface area contributed by atoms with Crippen molar-refractivity contribution in [1.29, 1.82) is 0 Å². The number of aromatic amines is 1. The summed E-state index contributed by atoms with van der Waals surface area (Å²) >= 11 is 0. The largest absolute Gasteiger partial charge is 0.336 e. The van der Waals surface area contributed by atoms with Crippen LogP contribution >= 0.6 is 0 Å². The molecule has 0 unspecified atom stereocenters. The van der Waals surface area contributed by atoms with Crippen molar-refractivity contribution in [2.75, 3.05) is 26.2 Å². The lowest BCUT2D eigenvalue weighted by Crippen LogP contribution is -2.50. The van der Waals surface area contributed by atoms with Gasteiger partial charge in [0.05, 0.1) is 11.3 Å². The average Bonchev–Trinajstić information content (AvgIpc) is 2.68. The van der Waals surface area contributed by atoms with E-state index in [1.165, 1.54) is 0 Å². The minimum Gasteiger partial charge on any atom is -0.336 e. The van der Waals surface area contributed by atoms with Crippen LogP contribution in [-0.4, -0.2) is 58.1 Å². The molecular formula is C13H22N4O. The standard InChI is InChI=1S/C13H22N4O/c1-9(2)16-5-7-17(8-6-16)13(18)12-10(3)14-15-11(12)4/h9H,5-8H2,1-4H3,(H,14,15). The van der Waals surface area contributed by atoms with E-state index in [4.69, 9.17) is 0 Å². The Morgan fingerprint density at radius 2 is 1.83 bits per heavy atom. The molecule has 5 heteroatoms. The molecule has 1 aromatic heterocycles. The van der Waals surface area contributed by atoms with E-state index < -0.39 is 0 Å². The van der Waals surface area contributed by atoms with E-state index in [-0.39, 0.29) is 5.91 Å². The van der Waals surface area contributed by atoms with Crippen molar-refractivity contribution >= 4 is 5.91 Å². The lowest BCUT2D eigenvalue weighted by atomic mass is 10.1. The zero-order chi connectivity index (χ0) is 13.3. The molecule has 100 valence electrons. The van der Waals surface area contributed by atoms with Crippen LogP contribution in [0.5, 0.6) is 0 Å². The zero-order valence-electron chi connectivity index (χ0n) is 11.7. The van der Waals surface area contributed by atoms with Gasteiger partial charge in [-0.1, -0.05) is 0 Å². The highest BCUT2D eigenvalue weighted by atomic mass is 16.2. The molecule has 0 spiro atoms. The maximum absolute atomic E-state index is 12.4. The van der Waals surface area contributed by atoms with Crippen molar-refractivity contribution in [3.63, 3.8) is 0 Å². The Bertz CT molecular complexity index is 411. The number of nitrogens with zero attached hydrogens (tertiary/aromatic N) is 3. The van der Waals surface area contributed by atoms with Crippen LogP contribution < -0.4 is 0 Å². The first-order valence-electron chi connectivity index (χ1n) is 6.55. The second-order valence-corrected chi connectivity index (χ2v) is 5.23. The summed E-state index contributed by atoms with van der Waals surface area (Å²) in [7, 11) is 0. The highest BCUT2D eigenvalue weighted by molar-refractivity contribution is 5.96. The van der Waals surface area contributed by atoms with Crippen molar-refractivity contribution < 1.29 is 4.79 Å². The third-order valence-electron chi connectivity index (χ3n) is 3.67. The molecule has 5 nitrogen and oxygen atoms in total. The van der Waals surface area contributed by atoms with E-state index in [0.29, 0.717) is 6.04 Å². The number of carbonyl (C=O) groups excluding carboxylic acids is 1. The first kappa shape index (κ1) is 13.1. The molecule has 1 N–H and O–H groups in total. The number of hydrogen-bond donors (Lipinski definition) is 1. The summed E-state index contributed by atoms with van der Waals surface area (Å²) in [6.07, 6.45) is 0. The van der Waals surface area contributed by atoms with Crippen LogP contribution in [0.4, 0.5) is 0 Å². The molecule has 1 amide bonds. The number of aromatic nitrogens is 2. The van der Waals surface area contributed by atoms with Crippen LogP contribution in [-0.2, 0) is 0 Å². The second-order valence-electron chi connectivity index (χ2n) is 5.23. The Labute approximate surface area is 108 Å². The molecule has 2 rings (SSSR count). The van der Waals surface area contributed by atoms with Crippen molar-refractivity contribution in [3.05, 3.63) is 17.0 Å². The third kappa shape index (κ3) is 2.41. The Balaban J connectivity index is 2.04. The highest BCUT2D eigenvalue weighted by Crippen LogP contribution is 2.15. The highest BCUT2D eigenvalue weighted by Gasteiger charge is 2.26. The van der Waals surface area contributed by atoms with E-state index in [2.05, 4.69) is 28.9 Å². The van der Waals surface area contributed by atoms with Crippen LogP contribution in [0.2, 0.25) is 0 Å². The molecule has 1 aliphatic rings. The number of nitrogens with one attached hydrogen (secondary N) is 1. The quantitative estimate of drug-likeness (QED) is 0.858. The summed E-state index contributed by atoms with van der Waals surface area (Å²) in [6, 6.07) is 0.555. The molecule has 2 heterocycles. The van der Waals surface area contributed by atoms with Gasteiger partial charge in [-0.25, -0.2) is 0 Å². The Morgan fingerprint density at radius 1 is 1.22 bits per heavy atom. The minimum absolute atomic E-state index is 0.113. The lowest BCUT2D eigenvalue weighted by molar-refractivity contribution is 0.0594. The molecule has 18 heavy (non-hydrogen) atoms. The van der Waals surface area contributed by atoms with Gasteiger partial charge in [0, 0.05) is 37.9 Å². The van der Waals surface area contributed by atoms with Crippen molar-refractivity contribution in [1.82, 2.24) is 20.0 Å². The van der Waals surface area contributed by atoms with Gasteiger partial charge in [-0.2, -0.15) is 5.10 Å². The van der Waals surface area contributed by atoms with Gasteiger partial charge in [0.15, 0.2) is 0 Å². The fraction of sp³-hybridized carbons (Fsp3) is 0.692. The molecule has 1 saturated heterocycles. The number of H-pyrrole nitrogens is 1. The molecule has 0 aliphatic carbocycles. The van der Waals surface area contributed by atoms with Gasteiger partial charge in [0.2, 0.25) is 0 Å². The minimum atomic E-state index is 0.113. The molecule has 0 aromatic carbocycles. The van der Waals surface area contributed by atoms with Crippen molar-refractivity contribution in [3.8, 4) is 0 Å². The lowest BCUT2D eigenvalue weighted by Gasteiger charge is -2.36. The molecule has 1 fully saturated rings. The smallest absolute Gasteiger partial charge is 0.257 e. The van der Waals surface area contributed by atoms with Crippen LogP contribution in [0.15, 0.2) is 0 Å². The number of carbonyl (C=O) groups is 1. The molecule has 0 radical (unpaired) electrons. The number of rotatable bonds is 2. The Morgan fingerprint density at radius 3 is 2.28 bits per heavy atom. The molecule has 0 atom stereocenters. The van der Waals surface area contributed by atoms with E-state index >= 15 is 0 Å². The molecule has 0 bridgehead atoms. The molecule has 1 aliphatic heterocycles. The summed E-state index contributed by atoms with van der Waals surface area (Å²) in [5.41, 5.74) is 2.40. The maximum Gasteiger partial charge on any atom is 0.257 e. The predicted octanol–water partition coefficient (Wildman–Crippen LogP) is 1.19. The maximum atomic E-state index is 12.4. The zero-order valence-corrected chi connectivity index (χ0v) is 11.7. The van der Waals surface area contributed by atoms with Crippen LogP contribution in [0, 0.1) is 13.8 Å². The van der Waals surface area contributed by atoms with Crippen molar-refractivity contribution in [2.45, 2.75) is 33.7 Å². The number of hydrogen-bond acceptors (Lipinski definition) is 3. The van der Waals surface area contributed by atoms with Crippen LogP contribution in [0.1, 0.15) is 35.6 Å². The third-order valence-corrected chi connectivity index (χ3v) is 3.67. The molecule has 0 saturated carbocycles. The van der Waals surface area contributed by atoms with Gasteiger partial charge in [0.1, 0.15) is 0 Å². The molecule has 1 aromatic rings. The van der Waals surface area contributed by atoms with Gasteiger partial charge in [-0.05, 0) is 27.7 Å². The van der Waals surface area contributed by atoms with Gasteiger partial charge >= 0.3 is 0 Å². The first-order chi connectivity index (χ1) is 8.50. The van der Waals surface area contributed by atoms with Gasteiger partial charge < -0.3 is 4.90 Å². The topological polar surface area (TPSA) is 52.2 Å². The molecular weight excluding hydrogens is 228 g/mol. The monoisotopic (exact) mass is 250 g/mol. The van der Waals surface area contributed by atoms with E-state index in [9.17, 15) is 4.79 Å². The second kappa shape index (κ2) is 5.10. The van der Waals surface area contributed by atoms with E-state index in [0.717, 1.165) is 43.1 Å². The van der Waals surface area contributed by atoms with E-state index in [1.807, 2.05) is 18.7 Å². The predicted molar refractivity (Wildman–Crippen MR) is 70.7 cm³/mol. The fourth-order valence-electron chi connectivity index (χ4n) is 2.47. The van der Waals surface area contributed by atoms with Crippen molar-refractivity contribution in [2.24, 2.45) is 0 Å². The normalized spacial score (nSPS) is 17.5. The summed E-state index contributed by atoms with van der Waals surface area (Å²) in [4.78, 5) is 16.8. The summed E-state index contributed by atoms with van der Waals surface area (Å²) in [5, 5.41) is 6.97. The van der Waals surface area contributed by atoms with Gasteiger partial charge in [0.25, 0.3) is 5.91 Å². The summed E-state index contributed by atoms with van der Waals surface area (Å²) in [6.45, 7) is 11.7. The van der Waals surface area contributed by atoms with Gasteiger partial charge in [-0.3, -0.25) is 14.8 Å². The number of aryl methyl sites for hydroxylation is 2. The van der Waals surface area contributed by atoms with Crippen LogP contribution in [0.3, 0.4) is 0 Å². The number of piperazine rings is 1. The SMILES string of the molecule is Cc1n[nH]c(C)c1C(=O)N1CCN(C(C)C)CC1. The average molecular weight is 250 g/mol. The Hall–Kier alpha value is -1.36.